The molecule has 0 spiro atoms. The molecule has 0 fully saturated rings. The van der Waals surface area contributed by atoms with Gasteiger partial charge in [-0.25, -0.2) is 15.0 Å². The highest BCUT2D eigenvalue weighted by Gasteiger charge is 2.19. The molecule has 3 aromatic heterocycles. The minimum atomic E-state index is -0.0972. The Morgan fingerprint density at radius 3 is 2.67 bits per heavy atom. The van der Waals surface area contributed by atoms with Crippen LogP contribution in [0.25, 0.3) is 27.6 Å². The van der Waals surface area contributed by atoms with Gasteiger partial charge in [-0.05, 0) is 54.3 Å². The van der Waals surface area contributed by atoms with Crippen molar-refractivity contribution in [2.45, 2.75) is 20.4 Å². The lowest BCUT2D eigenvalue weighted by Crippen LogP contribution is -2.24. The summed E-state index contributed by atoms with van der Waals surface area (Å²) in [5.74, 6) is 1.11. The highest BCUT2D eigenvalue weighted by atomic mass is 16.3. The van der Waals surface area contributed by atoms with E-state index in [-0.39, 0.29) is 23.6 Å². The number of fused-ring (bicyclic) bond motifs is 2. The van der Waals surface area contributed by atoms with Crippen molar-refractivity contribution < 1.29 is 4.42 Å². The predicted octanol–water partition coefficient (Wildman–Crippen LogP) is 5.15. The van der Waals surface area contributed by atoms with Crippen molar-refractivity contribution >= 4 is 39.2 Å². The van der Waals surface area contributed by atoms with E-state index >= 15 is 0 Å². The Morgan fingerprint density at radius 1 is 1.03 bits per heavy atom. The molecule has 0 radical (unpaired) electrons. The summed E-state index contributed by atoms with van der Waals surface area (Å²) in [7, 11) is 0. The average molecular weight is 516 g/mol. The molecule has 0 saturated carbocycles. The van der Waals surface area contributed by atoms with Crippen LogP contribution in [0.1, 0.15) is 28.3 Å². The van der Waals surface area contributed by atoms with E-state index < -0.39 is 0 Å². The van der Waals surface area contributed by atoms with Crippen LogP contribution in [-0.4, -0.2) is 25.2 Å². The van der Waals surface area contributed by atoms with E-state index in [1.54, 1.807) is 29.7 Å². The Labute approximate surface area is 223 Å². The molecule has 9 nitrogen and oxygen atoms in total. The molecule has 0 aliphatic heterocycles. The maximum atomic E-state index is 13.7. The van der Waals surface area contributed by atoms with E-state index in [0.717, 1.165) is 22.3 Å². The van der Waals surface area contributed by atoms with Gasteiger partial charge in [-0.2, -0.15) is 0 Å². The molecule has 0 unspecified atom stereocenters. The highest BCUT2D eigenvalue weighted by molar-refractivity contribution is 6.17. The predicted molar refractivity (Wildman–Crippen MR) is 153 cm³/mol. The second kappa shape index (κ2) is 9.53. The second-order valence-electron chi connectivity index (χ2n) is 9.28. The third-order valence-corrected chi connectivity index (χ3v) is 6.69. The zero-order valence-electron chi connectivity index (χ0n) is 21.4. The van der Waals surface area contributed by atoms with Gasteiger partial charge in [-0.3, -0.25) is 14.8 Å². The van der Waals surface area contributed by atoms with Crippen molar-refractivity contribution in [3.8, 4) is 5.69 Å². The van der Waals surface area contributed by atoms with Gasteiger partial charge in [0.2, 0.25) is 0 Å². The topological polar surface area (TPSA) is 136 Å². The summed E-state index contributed by atoms with van der Waals surface area (Å²) >= 11 is 0. The van der Waals surface area contributed by atoms with E-state index in [1.165, 1.54) is 6.33 Å². The minimum absolute atomic E-state index is 0.0972. The van der Waals surface area contributed by atoms with Crippen molar-refractivity contribution in [1.82, 2.24) is 19.5 Å². The number of aryl methyl sites for hydroxylation is 2. The van der Waals surface area contributed by atoms with Crippen LogP contribution in [0.3, 0.4) is 0 Å². The maximum Gasteiger partial charge on any atom is 0.263 e. The van der Waals surface area contributed by atoms with Crippen LogP contribution in [0, 0.1) is 19.3 Å². The first kappa shape index (κ1) is 24.1. The number of para-hydroxylation sites is 1. The second-order valence-corrected chi connectivity index (χ2v) is 9.28. The van der Waals surface area contributed by atoms with Crippen LogP contribution < -0.4 is 16.6 Å². The number of hydrogen-bond donors (Lipinski definition) is 3. The van der Waals surface area contributed by atoms with Crippen LogP contribution in [-0.2, 0) is 6.54 Å². The Bertz CT molecular complexity index is 1940. The van der Waals surface area contributed by atoms with E-state index in [1.807, 2.05) is 61.5 Å². The number of nitrogen functional groups attached to an aromatic ring is 1. The molecule has 3 aromatic carbocycles. The molecular weight excluding hydrogens is 490 g/mol. The molecule has 0 aliphatic rings. The normalized spacial score (nSPS) is 11.2. The number of anilines is 2. The standard InChI is InChI=1S/C30H25N7O2/c1-17-7-6-8-19-13-22(37(30(38)25(17)19)21-9-4-3-5-10-21)15-33-29-26(28(32)34-16-35-29)27(31)20-11-12-24-23(14-20)36-18(2)39-24/h3-14,16,31H,15H2,1-2H3,(H3,32,33,34,35). The zero-order chi connectivity index (χ0) is 27.1. The molecule has 0 atom stereocenters. The molecule has 6 aromatic rings. The first-order valence-corrected chi connectivity index (χ1v) is 12.4. The van der Waals surface area contributed by atoms with Gasteiger partial charge in [0.05, 0.1) is 23.2 Å². The molecule has 0 aliphatic carbocycles. The van der Waals surface area contributed by atoms with Gasteiger partial charge in [-0.1, -0.05) is 36.4 Å². The van der Waals surface area contributed by atoms with Crippen LogP contribution in [0.4, 0.5) is 11.6 Å². The van der Waals surface area contributed by atoms with Crippen molar-refractivity contribution in [1.29, 1.82) is 5.41 Å². The highest BCUT2D eigenvalue weighted by Crippen LogP contribution is 2.26. The number of nitrogens with one attached hydrogen (secondary N) is 2. The van der Waals surface area contributed by atoms with Crippen molar-refractivity contribution in [3.63, 3.8) is 0 Å². The smallest absolute Gasteiger partial charge is 0.263 e. The zero-order valence-corrected chi connectivity index (χ0v) is 21.4. The molecule has 6 rings (SSSR count). The van der Waals surface area contributed by atoms with Gasteiger partial charge in [-0.15, -0.1) is 0 Å². The lowest BCUT2D eigenvalue weighted by Gasteiger charge is -2.18. The summed E-state index contributed by atoms with van der Waals surface area (Å²) in [5.41, 5.74) is 11.0. The summed E-state index contributed by atoms with van der Waals surface area (Å²) in [4.78, 5) is 26.7. The summed E-state index contributed by atoms with van der Waals surface area (Å²) in [5, 5.41) is 13.8. The number of rotatable bonds is 6. The van der Waals surface area contributed by atoms with Crippen LogP contribution in [0.2, 0.25) is 0 Å². The van der Waals surface area contributed by atoms with E-state index in [0.29, 0.717) is 39.3 Å². The lowest BCUT2D eigenvalue weighted by atomic mass is 10.0. The molecule has 0 bridgehead atoms. The van der Waals surface area contributed by atoms with E-state index in [4.69, 9.17) is 15.6 Å². The third kappa shape index (κ3) is 4.29. The Balaban J connectivity index is 1.42. The summed E-state index contributed by atoms with van der Waals surface area (Å²) in [6.45, 7) is 3.97. The van der Waals surface area contributed by atoms with Crippen LogP contribution >= 0.6 is 0 Å². The third-order valence-electron chi connectivity index (χ3n) is 6.69. The van der Waals surface area contributed by atoms with Crippen molar-refractivity contribution in [2.24, 2.45) is 0 Å². The first-order chi connectivity index (χ1) is 18.9. The van der Waals surface area contributed by atoms with Gasteiger partial charge in [0.15, 0.2) is 11.5 Å². The number of pyridine rings is 1. The maximum absolute atomic E-state index is 13.7. The lowest BCUT2D eigenvalue weighted by molar-refractivity contribution is 0.561. The Morgan fingerprint density at radius 2 is 1.85 bits per heavy atom. The summed E-state index contributed by atoms with van der Waals surface area (Å²) < 4.78 is 7.27. The van der Waals surface area contributed by atoms with Gasteiger partial charge in [0.1, 0.15) is 23.5 Å². The first-order valence-electron chi connectivity index (χ1n) is 12.4. The number of nitrogens with zero attached hydrogens (tertiary/aromatic N) is 4. The molecule has 39 heavy (non-hydrogen) atoms. The Kier molecular flexibility index (Phi) is 5.88. The molecule has 3 heterocycles. The number of benzene rings is 3. The summed E-state index contributed by atoms with van der Waals surface area (Å²) in [6, 6.07) is 22.7. The van der Waals surface area contributed by atoms with Gasteiger partial charge in [0, 0.05) is 23.9 Å². The van der Waals surface area contributed by atoms with E-state index in [9.17, 15) is 4.79 Å². The number of oxazole rings is 1. The molecule has 0 amide bonds. The average Bonchev–Trinajstić information content (AvgIpc) is 3.31. The molecule has 192 valence electrons. The van der Waals surface area contributed by atoms with Gasteiger partial charge < -0.3 is 15.5 Å². The SMILES string of the molecule is Cc1nc2cc(C(=N)c3c(N)ncnc3NCc3cc4cccc(C)c4c(=O)n3-c3ccccc3)ccc2o1. The Hall–Kier alpha value is -5.31. The van der Waals surface area contributed by atoms with Gasteiger partial charge in [0.25, 0.3) is 5.56 Å². The quantitative estimate of drug-likeness (QED) is 0.261. The molecule has 9 heteroatoms. The number of nitrogens with two attached hydrogens (primary N) is 1. The largest absolute Gasteiger partial charge is 0.441 e. The number of hydrogen-bond acceptors (Lipinski definition) is 8. The van der Waals surface area contributed by atoms with Crippen molar-refractivity contribution in [3.05, 3.63) is 118 Å². The number of aromatic nitrogens is 4. The fourth-order valence-electron chi connectivity index (χ4n) is 4.88. The van der Waals surface area contributed by atoms with Gasteiger partial charge >= 0.3 is 0 Å². The van der Waals surface area contributed by atoms with E-state index in [2.05, 4.69) is 20.3 Å². The van der Waals surface area contributed by atoms with Crippen LogP contribution in [0.5, 0.6) is 0 Å². The van der Waals surface area contributed by atoms with Crippen LogP contribution in [0.15, 0.2) is 88.3 Å². The molecular formula is C30H25N7O2. The van der Waals surface area contributed by atoms with Crippen molar-refractivity contribution in [2.75, 3.05) is 11.1 Å². The molecule has 0 saturated heterocycles. The monoisotopic (exact) mass is 515 g/mol. The minimum Gasteiger partial charge on any atom is -0.441 e. The fourth-order valence-corrected chi connectivity index (χ4v) is 4.88. The molecule has 4 N–H and O–H groups in total. The summed E-state index contributed by atoms with van der Waals surface area (Å²) in [6.07, 6.45) is 1.35. The fraction of sp³-hybridized carbons (Fsp3) is 0.100.